The van der Waals surface area contributed by atoms with Gasteiger partial charge in [-0.3, -0.25) is 4.79 Å². The number of amides is 1. The molecule has 0 radical (unpaired) electrons. The van der Waals surface area contributed by atoms with Crippen molar-refractivity contribution in [3.05, 3.63) is 53.2 Å². The van der Waals surface area contributed by atoms with Crippen molar-refractivity contribution < 1.29 is 17.6 Å². The van der Waals surface area contributed by atoms with Gasteiger partial charge in [0.15, 0.2) is 0 Å². The zero-order valence-electron chi connectivity index (χ0n) is 17.2. The number of rotatable bonds is 7. The predicted octanol–water partition coefficient (Wildman–Crippen LogP) is 3.51. The number of benzene rings is 1. The van der Waals surface area contributed by atoms with Gasteiger partial charge in [-0.2, -0.15) is 0 Å². The molecule has 1 N–H and O–H groups in total. The third kappa shape index (κ3) is 5.03. The lowest BCUT2D eigenvalue weighted by Gasteiger charge is -2.24. The second-order valence-corrected chi connectivity index (χ2v) is 10.5. The molecular formula is C21H24N4O4S2. The molecular weight excluding hydrogens is 436 g/mol. The number of nitrogens with one attached hydrogen (secondary N) is 1. The van der Waals surface area contributed by atoms with Crippen LogP contribution in [-0.2, 0) is 10.0 Å². The molecule has 1 saturated heterocycles. The van der Waals surface area contributed by atoms with Gasteiger partial charge in [0.05, 0.1) is 5.56 Å². The number of hydrogen-bond donors (Lipinski definition) is 1. The van der Waals surface area contributed by atoms with E-state index < -0.39 is 10.0 Å². The van der Waals surface area contributed by atoms with Crippen LogP contribution in [0.3, 0.4) is 0 Å². The van der Waals surface area contributed by atoms with Crippen molar-refractivity contribution in [1.29, 1.82) is 0 Å². The van der Waals surface area contributed by atoms with Crippen LogP contribution in [0.1, 0.15) is 48.4 Å². The fourth-order valence-corrected chi connectivity index (χ4v) is 5.76. The number of piperidine rings is 1. The highest BCUT2D eigenvalue weighted by Crippen LogP contribution is 2.28. The van der Waals surface area contributed by atoms with E-state index in [4.69, 9.17) is 4.42 Å². The van der Waals surface area contributed by atoms with Crippen LogP contribution in [-0.4, -0.2) is 49.1 Å². The number of carbonyl (C=O) groups excluding carboxylic acids is 1. The van der Waals surface area contributed by atoms with Crippen LogP contribution in [0.2, 0.25) is 0 Å². The maximum Gasteiger partial charge on any atom is 0.311 e. The van der Waals surface area contributed by atoms with Gasteiger partial charge in [0.2, 0.25) is 15.9 Å². The molecule has 3 heterocycles. The van der Waals surface area contributed by atoms with Gasteiger partial charge < -0.3 is 9.32 Å². The molecule has 31 heavy (non-hydrogen) atoms. The summed E-state index contributed by atoms with van der Waals surface area (Å²) in [6.45, 7) is 3.63. The first kappa shape index (κ1) is 21.7. The highest BCUT2D eigenvalue weighted by molar-refractivity contribution is 7.91. The van der Waals surface area contributed by atoms with Crippen LogP contribution in [0.15, 0.2) is 50.4 Å². The van der Waals surface area contributed by atoms with Crippen molar-refractivity contribution in [3.63, 3.8) is 0 Å². The Balaban J connectivity index is 1.43. The molecule has 1 fully saturated rings. The summed E-state index contributed by atoms with van der Waals surface area (Å²) in [7, 11) is -3.67. The van der Waals surface area contributed by atoms with Crippen LogP contribution in [0, 0.1) is 0 Å². The van der Waals surface area contributed by atoms with Gasteiger partial charge >= 0.3 is 11.8 Å². The summed E-state index contributed by atoms with van der Waals surface area (Å²) in [4.78, 5) is 14.2. The summed E-state index contributed by atoms with van der Waals surface area (Å²) in [6, 6.07) is 11.2. The van der Waals surface area contributed by atoms with Gasteiger partial charge in [0, 0.05) is 25.0 Å². The van der Waals surface area contributed by atoms with Crippen molar-refractivity contribution in [2.45, 2.75) is 36.3 Å². The SMILES string of the molecule is C[C@H](CNS(=O)(=O)c1cc(-c2nnc(C(=O)N3CCCCC3)o2)cs1)c1ccccc1. The second kappa shape index (κ2) is 9.29. The fraction of sp³-hybridized carbons (Fsp3) is 0.381. The number of aromatic nitrogens is 2. The topological polar surface area (TPSA) is 105 Å². The lowest BCUT2D eigenvalue weighted by Crippen LogP contribution is -2.35. The Bertz CT molecular complexity index is 1140. The van der Waals surface area contributed by atoms with Gasteiger partial charge in [-0.05, 0) is 36.8 Å². The maximum atomic E-state index is 12.7. The van der Waals surface area contributed by atoms with Crippen LogP contribution < -0.4 is 4.72 Å². The van der Waals surface area contributed by atoms with E-state index in [0.717, 1.165) is 36.2 Å². The number of thiophene rings is 1. The standard InChI is InChI=1S/C21H24N4O4S2/c1-15(16-8-4-2-5-9-16)13-22-31(27,28)18-12-17(14-30-18)19-23-24-20(29-19)21(26)25-10-6-3-7-11-25/h2,4-5,8-9,12,14-15,22H,3,6-7,10-11,13H2,1H3/t15-/m1/s1. The number of likely N-dealkylation sites (tertiary alicyclic amines) is 1. The minimum atomic E-state index is -3.67. The van der Waals surface area contributed by atoms with Gasteiger partial charge in [-0.15, -0.1) is 21.5 Å². The molecule has 1 amide bonds. The molecule has 1 aliphatic heterocycles. The molecule has 1 atom stereocenters. The monoisotopic (exact) mass is 460 g/mol. The van der Waals surface area contributed by atoms with E-state index in [2.05, 4.69) is 14.9 Å². The Labute approximate surface area is 185 Å². The second-order valence-electron chi connectivity index (χ2n) is 7.58. The molecule has 0 bridgehead atoms. The number of carbonyl (C=O) groups is 1. The van der Waals surface area contributed by atoms with E-state index in [-0.39, 0.29) is 34.4 Å². The van der Waals surface area contributed by atoms with Crippen molar-refractivity contribution in [3.8, 4) is 11.5 Å². The zero-order chi connectivity index (χ0) is 21.8. The van der Waals surface area contributed by atoms with Crippen molar-refractivity contribution in [1.82, 2.24) is 19.8 Å². The van der Waals surface area contributed by atoms with Crippen molar-refractivity contribution in [2.75, 3.05) is 19.6 Å². The van der Waals surface area contributed by atoms with Crippen LogP contribution in [0.4, 0.5) is 0 Å². The highest BCUT2D eigenvalue weighted by atomic mass is 32.2. The van der Waals surface area contributed by atoms with E-state index in [1.807, 2.05) is 37.3 Å². The molecule has 8 nitrogen and oxygen atoms in total. The van der Waals surface area contributed by atoms with Gasteiger partial charge in [-0.1, -0.05) is 37.3 Å². The molecule has 1 aliphatic rings. The predicted molar refractivity (Wildman–Crippen MR) is 117 cm³/mol. The van der Waals surface area contributed by atoms with E-state index >= 15 is 0 Å². The normalized spacial score (nSPS) is 15.7. The van der Waals surface area contributed by atoms with E-state index in [9.17, 15) is 13.2 Å². The third-order valence-electron chi connectivity index (χ3n) is 5.29. The van der Waals surface area contributed by atoms with Crippen molar-refractivity contribution >= 4 is 27.3 Å². The molecule has 1 aromatic carbocycles. The van der Waals surface area contributed by atoms with Crippen LogP contribution in [0.25, 0.3) is 11.5 Å². The third-order valence-corrected chi connectivity index (χ3v) is 8.15. The van der Waals surface area contributed by atoms with E-state index in [1.54, 1.807) is 10.3 Å². The highest BCUT2D eigenvalue weighted by Gasteiger charge is 2.25. The largest absolute Gasteiger partial charge is 0.412 e. The average Bonchev–Trinajstić information content (AvgIpc) is 3.48. The maximum absolute atomic E-state index is 12.7. The summed E-state index contributed by atoms with van der Waals surface area (Å²) in [6.07, 6.45) is 3.05. The van der Waals surface area contributed by atoms with Crippen LogP contribution >= 0.6 is 11.3 Å². The Morgan fingerprint density at radius 1 is 1.19 bits per heavy atom. The summed E-state index contributed by atoms with van der Waals surface area (Å²) in [5, 5.41) is 9.44. The lowest BCUT2D eigenvalue weighted by atomic mass is 10.0. The van der Waals surface area contributed by atoms with E-state index in [0.29, 0.717) is 18.7 Å². The minimum Gasteiger partial charge on any atom is -0.412 e. The fourth-order valence-electron chi connectivity index (χ4n) is 3.43. The number of nitrogens with zero attached hydrogens (tertiary/aromatic N) is 3. The smallest absolute Gasteiger partial charge is 0.311 e. The van der Waals surface area contributed by atoms with E-state index in [1.165, 1.54) is 6.07 Å². The Hall–Kier alpha value is -2.56. The lowest BCUT2D eigenvalue weighted by molar-refractivity contribution is 0.0684. The quantitative estimate of drug-likeness (QED) is 0.578. The van der Waals surface area contributed by atoms with Crippen molar-refractivity contribution in [2.24, 2.45) is 0 Å². The summed E-state index contributed by atoms with van der Waals surface area (Å²) >= 11 is 1.07. The molecule has 0 spiro atoms. The molecule has 2 aromatic heterocycles. The molecule has 4 rings (SSSR count). The van der Waals surface area contributed by atoms with Gasteiger partial charge in [-0.25, -0.2) is 13.1 Å². The molecule has 164 valence electrons. The molecule has 3 aromatic rings. The Morgan fingerprint density at radius 3 is 2.68 bits per heavy atom. The number of hydrogen-bond acceptors (Lipinski definition) is 7. The summed E-state index contributed by atoms with van der Waals surface area (Å²) in [5.41, 5.74) is 1.54. The first-order valence-corrected chi connectivity index (χ1v) is 12.6. The molecule has 0 unspecified atom stereocenters. The Kier molecular flexibility index (Phi) is 6.49. The summed E-state index contributed by atoms with van der Waals surface area (Å²) in [5.74, 6) is -0.175. The minimum absolute atomic E-state index is 0.0368. The molecule has 0 saturated carbocycles. The zero-order valence-corrected chi connectivity index (χ0v) is 18.8. The molecule has 0 aliphatic carbocycles. The van der Waals surface area contributed by atoms with Gasteiger partial charge in [0.25, 0.3) is 0 Å². The first-order chi connectivity index (χ1) is 14.9. The first-order valence-electron chi connectivity index (χ1n) is 10.2. The Morgan fingerprint density at radius 2 is 1.94 bits per heavy atom. The summed E-state index contributed by atoms with van der Waals surface area (Å²) < 4.78 is 33.8. The number of sulfonamides is 1. The molecule has 10 heteroatoms. The van der Waals surface area contributed by atoms with Crippen LogP contribution in [0.5, 0.6) is 0 Å². The van der Waals surface area contributed by atoms with Gasteiger partial charge in [0.1, 0.15) is 4.21 Å². The average molecular weight is 461 g/mol.